The molecule has 0 spiro atoms. The van der Waals surface area contributed by atoms with Crippen molar-refractivity contribution in [2.45, 2.75) is 31.8 Å². The molecule has 0 aliphatic carbocycles. The van der Waals surface area contributed by atoms with Crippen molar-refractivity contribution in [1.29, 1.82) is 0 Å². The van der Waals surface area contributed by atoms with Crippen LogP contribution in [-0.4, -0.2) is 19.1 Å². The molecule has 0 heterocycles. The van der Waals surface area contributed by atoms with Gasteiger partial charge < -0.3 is 15.4 Å². The molecular weight excluding hydrogens is 403 g/mol. The van der Waals surface area contributed by atoms with Gasteiger partial charge in [-0.15, -0.1) is 0 Å². The number of hydrogen-bond donors (Lipinski definition) is 1. The number of nitrogens with one attached hydrogen (secondary N) is 1. The quantitative estimate of drug-likeness (QED) is 0.541. The maximum Gasteiger partial charge on any atom is 1.00 e. The van der Waals surface area contributed by atoms with Crippen LogP contribution in [0.25, 0.3) is 0 Å². The van der Waals surface area contributed by atoms with Gasteiger partial charge in [-0.1, -0.05) is 23.7 Å². The van der Waals surface area contributed by atoms with Gasteiger partial charge in [0.15, 0.2) is 0 Å². The fourth-order valence-electron chi connectivity index (χ4n) is 2.98. The van der Waals surface area contributed by atoms with Gasteiger partial charge in [0.25, 0.3) is 0 Å². The van der Waals surface area contributed by atoms with Gasteiger partial charge in [-0.3, -0.25) is 4.79 Å². The Morgan fingerprint density at radius 1 is 1.26 bits per heavy atom. The smallest absolute Gasteiger partial charge is 0.759 e. The summed E-state index contributed by atoms with van der Waals surface area (Å²) in [6.45, 7) is 1.87. The Kier molecular flexibility index (Phi) is 10.6. The summed E-state index contributed by atoms with van der Waals surface area (Å²) in [4.78, 5) is 11.5. The molecule has 0 fully saturated rings. The zero-order valence-electron chi connectivity index (χ0n) is 15.4. The minimum absolute atomic E-state index is 0. The van der Waals surface area contributed by atoms with Crippen LogP contribution in [0.5, 0.6) is 0 Å². The maximum atomic E-state index is 14.4. The van der Waals surface area contributed by atoms with Gasteiger partial charge in [-0.05, 0) is 48.2 Å². The second-order valence-corrected chi connectivity index (χ2v) is 6.49. The third-order valence-electron chi connectivity index (χ3n) is 4.36. The third kappa shape index (κ3) is 6.87. The summed E-state index contributed by atoms with van der Waals surface area (Å²) in [7, 11) is 1.38. The maximum absolute atomic E-state index is 14.4. The van der Waals surface area contributed by atoms with E-state index in [-0.39, 0.29) is 63.4 Å². The number of halogens is 3. The van der Waals surface area contributed by atoms with Crippen molar-refractivity contribution in [2.24, 2.45) is 0 Å². The van der Waals surface area contributed by atoms with Crippen LogP contribution in [0.2, 0.25) is 5.02 Å². The first-order valence-corrected chi connectivity index (χ1v) is 8.37. The first-order valence-electron chi connectivity index (χ1n) is 7.99. The number of methoxy groups -OCH3 is 1. The van der Waals surface area contributed by atoms with E-state index in [0.717, 1.165) is 23.3 Å². The predicted octanol–water partition coefficient (Wildman–Crippen LogP) is 1.28. The van der Waals surface area contributed by atoms with Gasteiger partial charge in [0.05, 0.1) is 12.5 Å². The summed E-state index contributed by atoms with van der Waals surface area (Å²) < 4.78 is 33.1. The van der Waals surface area contributed by atoms with Gasteiger partial charge in [-0.25, -0.2) is 8.78 Å². The molecule has 27 heavy (non-hydrogen) atoms. The SMILES string of the molecule is CO[C@H](CC(=O)N[O-])[C@H](Cc1ccc(Cl)cc1C)c1ccc(F)cc1F.[K+]. The van der Waals surface area contributed by atoms with Gasteiger partial charge in [0.2, 0.25) is 5.91 Å². The summed E-state index contributed by atoms with van der Waals surface area (Å²) in [5.74, 6) is -2.79. The number of ether oxygens (including phenoxy) is 1. The van der Waals surface area contributed by atoms with Crippen molar-refractivity contribution < 1.29 is 69.7 Å². The standard InChI is InChI=1S/C19H19ClF2NO3.K/c1-11-7-13(20)4-3-12(11)8-16(18(26-2)10-19(24)23-25)15-6-5-14(21)9-17(15)22;/h3-7,9,16,18H,8,10H2,1-2H3,(H-,23,24,25);/q-1;+1/t16-,18-;/m1./s1. The van der Waals surface area contributed by atoms with Gasteiger partial charge in [0.1, 0.15) is 11.6 Å². The van der Waals surface area contributed by atoms with Crippen LogP contribution < -0.4 is 56.9 Å². The van der Waals surface area contributed by atoms with E-state index in [1.807, 2.05) is 13.0 Å². The van der Waals surface area contributed by atoms with Crippen molar-refractivity contribution in [3.05, 3.63) is 75.0 Å². The van der Waals surface area contributed by atoms with E-state index < -0.39 is 29.6 Å². The Balaban J connectivity index is 0.00000364. The molecular formula is C19H19ClF2KNO3. The molecule has 2 atom stereocenters. The van der Waals surface area contributed by atoms with Crippen LogP contribution in [0.4, 0.5) is 8.78 Å². The van der Waals surface area contributed by atoms with Crippen LogP contribution in [0, 0.1) is 23.8 Å². The average molecular weight is 422 g/mol. The Bertz CT molecular complexity index is 792. The molecule has 8 heteroatoms. The van der Waals surface area contributed by atoms with E-state index in [1.165, 1.54) is 18.7 Å². The van der Waals surface area contributed by atoms with Crippen LogP contribution in [0.1, 0.15) is 29.0 Å². The van der Waals surface area contributed by atoms with E-state index in [2.05, 4.69) is 0 Å². The fourth-order valence-corrected chi connectivity index (χ4v) is 3.21. The van der Waals surface area contributed by atoms with Crippen molar-refractivity contribution in [1.82, 2.24) is 5.48 Å². The first kappa shape index (κ1) is 24.7. The van der Waals surface area contributed by atoms with Gasteiger partial charge >= 0.3 is 51.4 Å². The minimum Gasteiger partial charge on any atom is -0.759 e. The van der Waals surface area contributed by atoms with E-state index in [1.54, 1.807) is 12.1 Å². The van der Waals surface area contributed by atoms with Crippen molar-refractivity contribution in [3.8, 4) is 0 Å². The minimum atomic E-state index is -0.766. The van der Waals surface area contributed by atoms with Crippen molar-refractivity contribution in [3.63, 3.8) is 0 Å². The molecule has 1 N–H and O–H groups in total. The summed E-state index contributed by atoms with van der Waals surface area (Å²) in [5, 5.41) is 11.2. The Labute approximate surface area is 204 Å². The predicted molar refractivity (Wildman–Crippen MR) is 95.9 cm³/mol. The van der Waals surface area contributed by atoms with Crippen molar-refractivity contribution in [2.75, 3.05) is 7.11 Å². The monoisotopic (exact) mass is 421 g/mol. The average Bonchev–Trinajstić information content (AvgIpc) is 2.60. The number of hydroxylamine groups is 1. The molecule has 2 aromatic carbocycles. The second-order valence-electron chi connectivity index (χ2n) is 6.05. The molecule has 140 valence electrons. The van der Waals surface area contributed by atoms with Crippen molar-refractivity contribution >= 4 is 17.5 Å². The van der Waals surface area contributed by atoms with Crippen LogP contribution in [0.15, 0.2) is 36.4 Å². The van der Waals surface area contributed by atoms with Gasteiger partial charge in [-0.2, -0.15) is 0 Å². The van der Waals surface area contributed by atoms with Crippen LogP contribution in [-0.2, 0) is 16.0 Å². The number of benzene rings is 2. The molecule has 0 aliphatic heterocycles. The Morgan fingerprint density at radius 3 is 2.52 bits per heavy atom. The van der Waals surface area contributed by atoms with E-state index in [9.17, 15) is 18.8 Å². The molecule has 4 nitrogen and oxygen atoms in total. The largest absolute Gasteiger partial charge is 1.00 e. The Hall–Kier alpha value is -0.384. The summed E-state index contributed by atoms with van der Waals surface area (Å²) >= 11 is 5.98. The molecule has 0 saturated heterocycles. The van der Waals surface area contributed by atoms with Crippen LogP contribution >= 0.6 is 11.6 Å². The number of amides is 1. The number of carbonyl (C=O) groups is 1. The van der Waals surface area contributed by atoms with Crippen LogP contribution in [0.3, 0.4) is 0 Å². The molecule has 0 unspecified atom stereocenters. The first-order chi connectivity index (χ1) is 12.3. The molecule has 0 radical (unpaired) electrons. The summed E-state index contributed by atoms with van der Waals surface area (Å²) in [6, 6.07) is 8.58. The molecule has 2 rings (SSSR count). The van der Waals surface area contributed by atoms with E-state index in [0.29, 0.717) is 11.4 Å². The number of rotatable bonds is 7. The number of aryl methyl sites for hydroxylation is 1. The number of carbonyl (C=O) groups excluding carboxylic acids is 1. The molecule has 0 aliphatic rings. The normalized spacial score (nSPS) is 12.8. The molecule has 1 amide bonds. The zero-order chi connectivity index (χ0) is 19.3. The second kappa shape index (κ2) is 11.6. The van der Waals surface area contributed by atoms with Gasteiger partial charge in [0, 0.05) is 24.1 Å². The number of hydrogen-bond acceptors (Lipinski definition) is 3. The zero-order valence-corrected chi connectivity index (χ0v) is 19.3. The summed E-state index contributed by atoms with van der Waals surface area (Å²) in [6.07, 6.45) is -0.677. The third-order valence-corrected chi connectivity index (χ3v) is 4.59. The topological polar surface area (TPSA) is 61.4 Å². The Morgan fingerprint density at radius 2 is 1.96 bits per heavy atom. The van der Waals surface area contributed by atoms with E-state index in [4.69, 9.17) is 16.3 Å². The molecule has 0 aromatic heterocycles. The van der Waals surface area contributed by atoms with E-state index >= 15 is 0 Å². The molecule has 0 saturated carbocycles. The molecule has 0 bridgehead atoms. The summed E-state index contributed by atoms with van der Waals surface area (Å²) in [5.41, 5.74) is 3.30. The fraction of sp³-hybridized carbons (Fsp3) is 0.316. The molecule has 2 aromatic rings.